The second kappa shape index (κ2) is 8.30. The van der Waals surface area contributed by atoms with Crippen LogP contribution in [-0.2, 0) is 9.53 Å². The lowest BCUT2D eigenvalue weighted by molar-refractivity contribution is -0.119. The number of carbonyl (C=O) groups is 2. The van der Waals surface area contributed by atoms with Crippen molar-refractivity contribution in [1.29, 1.82) is 0 Å². The molecular formula is C12H19N5O3S2. The first-order chi connectivity index (χ1) is 10.6. The average Bonchev–Trinajstić information content (AvgIpc) is 3.16. The molecule has 122 valence electrons. The Morgan fingerprint density at radius 1 is 1.50 bits per heavy atom. The summed E-state index contributed by atoms with van der Waals surface area (Å²) in [6, 6.07) is -0.520. The third kappa shape index (κ3) is 5.11. The Kier molecular flexibility index (Phi) is 6.40. The quantitative estimate of drug-likeness (QED) is 0.662. The summed E-state index contributed by atoms with van der Waals surface area (Å²) in [4.78, 5) is 22.8. The van der Waals surface area contributed by atoms with Crippen LogP contribution in [0.2, 0.25) is 0 Å². The van der Waals surface area contributed by atoms with E-state index < -0.39 is 11.3 Å². The molecule has 0 bridgehead atoms. The number of ether oxygens (including phenoxy) is 1. The van der Waals surface area contributed by atoms with Crippen LogP contribution in [0, 0.1) is 0 Å². The fraction of sp³-hybridized carbons (Fsp3) is 0.667. The number of rotatable bonds is 6. The Labute approximate surface area is 136 Å². The van der Waals surface area contributed by atoms with Gasteiger partial charge in [0, 0.05) is 20.2 Å². The van der Waals surface area contributed by atoms with Crippen molar-refractivity contribution < 1.29 is 14.3 Å². The lowest BCUT2D eigenvalue weighted by Gasteiger charge is -2.09. The normalized spacial score (nSPS) is 18.7. The van der Waals surface area contributed by atoms with Crippen LogP contribution >= 0.6 is 23.1 Å². The van der Waals surface area contributed by atoms with Gasteiger partial charge in [-0.25, -0.2) is 4.79 Å². The van der Waals surface area contributed by atoms with Gasteiger partial charge in [0.15, 0.2) is 4.34 Å². The fourth-order valence-electron chi connectivity index (χ4n) is 1.82. The third-order valence-electron chi connectivity index (χ3n) is 3.02. The van der Waals surface area contributed by atoms with Gasteiger partial charge in [0.1, 0.15) is 0 Å². The molecule has 2 rings (SSSR count). The first-order valence-corrected chi connectivity index (χ1v) is 8.66. The molecule has 22 heavy (non-hydrogen) atoms. The monoisotopic (exact) mass is 345 g/mol. The zero-order valence-electron chi connectivity index (χ0n) is 12.4. The van der Waals surface area contributed by atoms with Gasteiger partial charge in [0.25, 0.3) is 0 Å². The molecular weight excluding hydrogens is 326 g/mol. The summed E-state index contributed by atoms with van der Waals surface area (Å²) in [5.41, 5.74) is 0. The van der Waals surface area contributed by atoms with E-state index in [2.05, 4.69) is 26.1 Å². The minimum absolute atomic E-state index is 0.234. The Morgan fingerprint density at radius 3 is 3.00 bits per heavy atom. The number of nitrogens with zero attached hydrogens (tertiary/aromatic N) is 2. The number of thioether (sulfide) groups is 1. The summed E-state index contributed by atoms with van der Waals surface area (Å²) in [5, 5.41) is 16.1. The van der Waals surface area contributed by atoms with E-state index in [1.165, 1.54) is 30.1 Å². The van der Waals surface area contributed by atoms with Crippen LogP contribution in [0.3, 0.4) is 0 Å². The maximum absolute atomic E-state index is 11.8. The summed E-state index contributed by atoms with van der Waals surface area (Å²) in [5.74, 6) is -0.367. The fourth-order valence-corrected chi connectivity index (χ4v) is 3.72. The largest absolute Gasteiger partial charge is 0.376 e. The Bertz CT molecular complexity index is 519. The molecule has 1 aromatic heterocycles. The predicted molar refractivity (Wildman–Crippen MR) is 85.3 cm³/mol. The van der Waals surface area contributed by atoms with Crippen molar-refractivity contribution in [3.05, 3.63) is 0 Å². The molecule has 1 aliphatic rings. The second-order valence-corrected chi connectivity index (χ2v) is 7.28. The molecule has 8 nitrogen and oxygen atoms in total. The van der Waals surface area contributed by atoms with Gasteiger partial charge in [-0.1, -0.05) is 23.1 Å². The highest BCUT2D eigenvalue weighted by Gasteiger charge is 2.19. The number of carbonyl (C=O) groups excluding carboxylic acids is 2. The first kappa shape index (κ1) is 17.0. The van der Waals surface area contributed by atoms with Crippen LogP contribution in [0.25, 0.3) is 0 Å². The summed E-state index contributed by atoms with van der Waals surface area (Å²) in [7, 11) is 1.46. The minimum atomic E-state index is -0.520. The molecule has 0 radical (unpaired) electrons. The standard InChI is InChI=1S/C12H19N5O3S2/c1-7(9(18)15-10(19)13-2)21-12-17-16-11(22-12)14-6-8-4-3-5-20-8/h7-8H,3-6H2,1-2H3,(H,14,16)(H2,13,15,18,19). The molecule has 0 aromatic carbocycles. The SMILES string of the molecule is CNC(=O)NC(=O)C(C)Sc1nnc(NCC2CCCO2)s1. The smallest absolute Gasteiger partial charge is 0.321 e. The van der Waals surface area contributed by atoms with Gasteiger partial charge < -0.3 is 15.4 Å². The van der Waals surface area contributed by atoms with Crippen LogP contribution in [0.15, 0.2) is 4.34 Å². The van der Waals surface area contributed by atoms with Gasteiger partial charge >= 0.3 is 6.03 Å². The van der Waals surface area contributed by atoms with Crippen LogP contribution in [0.4, 0.5) is 9.93 Å². The lowest BCUT2D eigenvalue weighted by Crippen LogP contribution is -2.41. The molecule has 3 amide bonds. The molecule has 2 heterocycles. The molecule has 0 saturated carbocycles. The summed E-state index contributed by atoms with van der Waals surface area (Å²) in [6.45, 7) is 3.25. The maximum atomic E-state index is 11.8. The van der Waals surface area contributed by atoms with Gasteiger partial charge in [-0.3, -0.25) is 10.1 Å². The van der Waals surface area contributed by atoms with E-state index >= 15 is 0 Å². The summed E-state index contributed by atoms with van der Waals surface area (Å²) < 4.78 is 6.20. The highest BCUT2D eigenvalue weighted by atomic mass is 32.2. The third-order valence-corrected chi connectivity index (χ3v) is 5.09. The highest BCUT2D eigenvalue weighted by molar-refractivity contribution is 8.02. The summed E-state index contributed by atoms with van der Waals surface area (Å²) in [6.07, 6.45) is 2.39. The number of nitrogens with one attached hydrogen (secondary N) is 3. The van der Waals surface area contributed by atoms with Crippen LogP contribution < -0.4 is 16.0 Å². The number of anilines is 1. The van der Waals surface area contributed by atoms with Crippen molar-refractivity contribution in [1.82, 2.24) is 20.8 Å². The molecule has 3 N–H and O–H groups in total. The number of hydrogen-bond donors (Lipinski definition) is 3. The predicted octanol–water partition coefficient (Wildman–Crippen LogP) is 1.07. The van der Waals surface area contributed by atoms with Gasteiger partial charge in [-0.2, -0.15) is 0 Å². The molecule has 1 saturated heterocycles. The van der Waals surface area contributed by atoms with E-state index in [4.69, 9.17) is 4.74 Å². The number of aromatic nitrogens is 2. The molecule has 2 unspecified atom stereocenters. The van der Waals surface area contributed by atoms with Crippen molar-refractivity contribution in [2.75, 3.05) is 25.5 Å². The van der Waals surface area contributed by atoms with Crippen molar-refractivity contribution in [3.63, 3.8) is 0 Å². The van der Waals surface area contributed by atoms with Crippen LogP contribution in [0.5, 0.6) is 0 Å². The number of amides is 3. The molecule has 0 spiro atoms. The van der Waals surface area contributed by atoms with Gasteiger partial charge in [0.2, 0.25) is 11.0 Å². The van der Waals surface area contributed by atoms with E-state index in [1.54, 1.807) is 6.92 Å². The highest BCUT2D eigenvalue weighted by Crippen LogP contribution is 2.29. The maximum Gasteiger partial charge on any atom is 0.321 e. The zero-order valence-corrected chi connectivity index (χ0v) is 14.1. The molecule has 1 aliphatic heterocycles. The van der Waals surface area contributed by atoms with Crippen molar-refractivity contribution in [3.8, 4) is 0 Å². The van der Waals surface area contributed by atoms with E-state index in [9.17, 15) is 9.59 Å². The lowest BCUT2D eigenvalue weighted by atomic mass is 10.2. The van der Waals surface area contributed by atoms with E-state index in [-0.39, 0.29) is 12.0 Å². The van der Waals surface area contributed by atoms with Crippen LogP contribution in [-0.4, -0.2) is 53.7 Å². The van der Waals surface area contributed by atoms with Crippen molar-refractivity contribution >= 4 is 40.2 Å². The van der Waals surface area contributed by atoms with Gasteiger partial charge in [0.05, 0.1) is 11.4 Å². The van der Waals surface area contributed by atoms with Crippen LogP contribution in [0.1, 0.15) is 19.8 Å². The van der Waals surface area contributed by atoms with Crippen molar-refractivity contribution in [2.45, 2.75) is 35.5 Å². The van der Waals surface area contributed by atoms with E-state index in [1.807, 2.05) is 0 Å². The van der Waals surface area contributed by atoms with E-state index in [0.717, 1.165) is 19.4 Å². The number of urea groups is 1. The van der Waals surface area contributed by atoms with Gasteiger partial charge in [-0.15, -0.1) is 10.2 Å². The van der Waals surface area contributed by atoms with Gasteiger partial charge in [-0.05, 0) is 19.8 Å². The Hall–Kier alpha value is -1.39. The molecule has 1 fully saturated rings. The number of hydrogen-bond acceptors (Lipinski definition) is 8. The molecule has 10 heteroatoms. The average molecular weight is 345 g/mol. The number of imide groups is 1. The second-order valence-electron chi connectivity index (χ2n) is 4.72. The molecule has 2 atom stereocenters. The minimum Gasteiger partial charge on any atom is -0.376 e. The summed E-state index contributed by atoms with van der Waals surface area (Å²) >= 11 is 2.64. The first-order valence-electron chi connectivity index (χ1n) is 6.96. The zero-order chi connectivity index (χ0) is 15.9. The van der Waals surface area contributed by atoms with Crippen molar-refractivity contribution in [2.24, 2.45) is 0 Å². The Balaban J connectivity index is 1.78. The molecule has 1 aromatic rings. The van der Waals surface area contributed by atoms with E-state index in [0.29, 0.717) is 16.0 Å². The topological polar surface area (TPSA) is 105 Å². The molecule has 0 aliphatic carbocycles. The Morgan fingerprint density at radius 2 is 2.32 bits per heavy atom.